The highest BCUT2D eigenvalue weighted by Crippen LogP contribution is 2.24. The summed E-state index contributed by atoms with van der Waals surface area (Å²) in [5.41, 5.74) is 1.02. The molecule has 3 aromatic rings. The number of nitro groups is 1. The molecule has 0 saturated carbocycles. The molecular formula is C23H21ClN4O5. The molecule has 1 heterocycles. The number of carbonyl (C=O) groups is 2. The Kier molecular flexibility index (Phi) is 7.57. The van der Waals surface area contributed by atoms with Gasteiger partial charge in [0.2, 0.25) is 5.88 Å². The molecule has 0 unspecified atom stereocenters. The van der Waals surface area contributed by atoms with Gasteiger partial charge in [-0.25, -0.2) is 4.98 Å². The quantitative estimate of drug-likeness (QED) is 0.367. The summed E-state index contributed by atoms with van der Waals surface area (Å²) in [4.78, 5) is 40.0. The average molecular weight is 469 g/mol. The molecule has 33 heavy (non-hydrogen) atoms. The number of amides is 2. The molecule has 9 nitrogen and oxygen atoms in total. The van der Waals surface area contributed by atoms with E-state index in [1.54, 1.807) is 42.6 Å². The number of nitrogens with one attached hydrogen (secondary N) is 2. The number of halogens is 1. The molecular weight excluding hydrogens is 448 g/mol. The van der Waals surface area contributed by atoms with Crippen LogP contribution in [0.5, 0.6) is 5.88 Å². The van der Waals surface area contributed by atoms with E-state index >= 15 is 0 Å². The zero-order valence-corrected chi connectivity index (χ0v) is 18.6. The maximum Gasteiger partial charge on any atom is 0.270 e. The summed E-state index contributed by atoms with van der Waals surface area (Å²) < 4.78 is 5.67. The minimum Gasteiger partial charge on any atom is -0.475 e. The van der Waals surface area contributed by atoms with E-state index in [2.05, 4.69) is 15.6 Å². The lowest BCUT2D eigenvalue weighted by Crippen LogP contribution is -2.25. The van der Waals surface area contributed by atoms with Crippen molar-refractivity contribution in [1.82, 2.24) is 10.3 Å². The van der Waals surface area contributed by atoms with Crippen LogP contribution in [0.15, 0.2) is 60.8 Å². The molecule has 1 aromatic heterocycles. The zero-order valence-electron chi connectivity index (χ0n) is 17.9. The summed E-state index contributed by atoms with van der Waals surface area (Å²) >= 11 is 6.04. The molecule has 0 saturated heterocycles. The van der Waals surface area contributed by atoms with E-state index in [9.17, 15) is 19.7 Å². The van der Waals surface area contributed by atoms with Crippen molar-refractivity contribution >= 4 is 34.8 Å². The summed E-state index contributed by atoms with van der Waals surface area (Å²) in [7, 11) is 0. The normalized spacial score (nSPS) is 10.5. The summed E-state index contributed by atoms with van der Waals surface area (Å²) in [5.74, 6) is -0.586. The second-order valence-electron chi connectivity index (χ2n) is 7.24. The molecule has 0 spiro atoms. The number of rotatable bonds is 8. The van der Waals surface area contributed by atoms with Crippen molar-refractivity contribution in [1.29, 1.82) is 0 Å². The number of anilines is 1. The third-order valence-corrected chi connectivity index (χ3v) is 4.78. The van der Waals surface area contributed by atoms with Crippen LogP contribution in [-0.2, 0) is 6.54 Å². The Hall–Kier alpha value is -3.98. The van der Waals surface area contributed by atoms with Crippen LogP contribution in [0.3, 0.4) is 0 Å². The Bertz CT molecular complexity index is 1200. The Morgan fingerprint density at radius 2 is 1.85 bits per heavy atom. The van der Waals surface area contributed by atoms with Crippen molar-refractivity contribution in [3.8, 4) is 5.88 Å². The van der Waals surface area contributed by atoms with Crippen LogP contribution < -0.4 is 15.4 Å². The summed E-state index contributed by atoms with van der Waals surface area (Å²) in [6.45, 7) is 3.94. The fourth-order valence-corrected chi connectivity index (χ4v) is 3.20. The molecule has 170 valence electrons. The summed E-state index contributed by atoms with van der Waals surface area (Å²) in [6, 6.07) is 13.6. The number of ether oxygens (including phenoxy) is 1. The summed E-state index contributed by atoms with van der Waals surface area (Å²) in [6.07, 6.45) is 1.54. The van der Waals surface area contributed by atoms with Gasteiger partial charge in [-0.3, -0.25) is 19.7 Å². The Labute approximate surface area is 194 Å². The lowest BCUT2D eigenvalue weighted by Gasteiger charge is -2.14. The van der Waals surface area contributed by atoms with Gasteiger partial charge in [0.15, 0.2) is 0 Å². The Morgan fingerprint density at radius 1 is 1.09 bits per heavy atom. The zero-order chi connectivity index (χ0) is 24.0. The van der Waals surface area contributed by atoms with Crippen molar-refractivity contribution in [3.63, 3.8) is 0 Å². The number of non-ortho nitro benzene ring substituents is 1. The fraction of sp³-hybridized carbons (Fsp3) is 0.174. The van der Waals surface area contributed by atoms with E-state index in [4.69, 9.17) is 16.3 Å². The van der Waals surface area contributed by atoms with Gasteiger partial charge >= 0.3 is 0 Å². The van der Waals surface area contributed by atoms with Crippen molar-refractivity contribution in [2.45, 2.75) is 26.5 Å². The third-order valence-electron chi connectivity index (χ3n) is 4.46. The molecule has 0 fully saturated rings. The van der Waals surface area contributed by atoms with Crippen LogP contribution >= 0.6 is 11.6 Å². The highest BCUT2D eigenvalue weighted by Gasteiger charge is 2.18. The maximum atomic E-state index is 12.9. The first kappa shape index (κ1) is 23.7. The van der Waals surface area contributed by atoms with Gasteiger partial charge < -0.3 is 15.4 Å². The van der Waals surface area contributed by atoms with Crippen LogP contribution in [0.4, 0.5) is 11.4 Å². The van der Waals surface area contributed by atoms with Gasteiger partial charge in [0.05, 0.1) is 32.9 Å². The van der Waals surface area contributed by atoms with Gasteiger partial charge in [-0.1, -0.05) is 29.8 Å². The van der Waals surface area contributed by atoms with Gasteiger partial charge in [0, 0.05) is 30.4 Å². The molecule has 0 aliphatic heterocycles. The number of para-hydroxylation sites is 1. The predicted molar refractivity (Wildman–Crippen MR) is 124 cm³/mol. The number of nitrogens with zero attached hydrogens (tertiary/aromatic N) is 2. The van der Waals surface area contributed by atoms with Gasteiger partial charge in [-0.2, -0.15) is 0 Å². The van der Waals surface area contributed by atoms with Crippen LogP contribution in [0.2, 0.25) is 5.02 Å². The number of pyridine rings is 1. The second-order valence-corrected chi connectivity index (χ2v) is 7.65. The largest absolute Gasteiger partial charge is 0.475 e. The standard InChI is InChI=1S/C23H21ClN4O5/c1-14(2)33-23-15(6-5-11-25-23)13-26-21(29)18-7-3-4-8-20(18)27-22(30)17-10-9-16(28(31)32)12-19(17)24/h3-12,14H,13H2,1-2H3,(H,26,29)(H,27,30). The van der Waals surface area contributed by atoms with Crippen LogP contribution in [0, 0.1) is 10.1 Å². The van der Waals surface area contributed by atoms with E-state index in [-0.39, 0.29) is 40.2 Å². The molecule has 3 rings (SSSR count). The van der Waals surface area contributed by atoms with E-state index in [0.29, 0.717) is 11.4 Å². The van der Waals surface area contributed by atoms with Crippen molar-refractivity contribution < 1.29 is 19.2 Å². The lowest BCUT2D eigenvalue weighted by molar-refractivity contribution is -0.384. The molecule has 0 aliphatic carbocycles. The number of nitro benzene ring substituents is 1. The SMILES string of the molecule is CC(C)Oc1ncccc1CNC(=O)c1ccccc1NC(=O)c1ccc([N+](=O)[O-])cc1Cl. The van der Waals surface area contributed by atoms with E-state index in [0.717, 1.165) is 6.07 Å². The molecule has 0 bridgehead atoms. The maximum absolute atomic E-state index is 12.9. The van der Waals surface area contributed by atoms with E-state index in [1.807, 2.05) is 13.8 Å². The second kappa shape index (κ2) is 10.6. The van der Waals surface area contributed by atoms with E-state index in [1.165, 1.54) is 12.1 Å². The number of hydrogen-bond donors (Lipinski definition) is 2. The van der Waals surface area contributed by atoms with Crippen LogP contribution in [0.1, 0.15) is 40.1 Å². The van der Waals surface area contributed by atoms with Crippen molar-refractivity contribution in [2.75, 3.05) is 5.32 Å². The first-order valence-electron chi connectivity index (χ1n) is 9.99. The first-order valence-corrected chi connectivity index (χ1v) is 10.4. The van der Waals surface area contributed by atoms with Gasteiger partial charge in [-0.05, 0) is 38.1 Å². The van der Waals surface area contributed by atoms with Crippen LogP contribution in [0.25, 0.3) is 0 Å². The van der Waals surface area contributed by atoms with Gasteiger partial charge in [0.25, 0.3) is 17.5 Å². The topological polar surface area (TPSA) is 123 Å². The lowest BCUT2D eigenvalue weighted by atomic mass is 10.1. The summed E-state index contributed by atoms with van der Waals surface area (Å²) in [5, 5.41) is 16.2. The number of aromatic nitrogens is 1. The smallest absolute Gasteiger partial charge is 0.270 e. The minimum absolute atomic E-state index is 0.0447. The first-order chi connectivity index (χ1) is 15.8. The molecule has 2 amide bonds. The third kappa shape index (κ3) is 6.05. The van der Waals surface area contributed by atoms with Crippen LogP contribution in [-0.4, -0.2) is 27.8 Å². The average Bonchev–Trinajstić information content (AvgIpc) is 2.78. The highest BCUT2D eigenvalue weighted by atomic mass is 35.5. The van der Waals surface area contributed by atoms with Crippen molar-refractivity contribution in [2.24, 2.45) is 0 Å². The molecule has 0 radical (unpaired) electrons. The Morgan fingerprint density at radius 3 is 2.55 bits per heavy atom. The molecule has 2 aromatic carbocycles. The number of hydrogen-bond acceptors (Lipinski definition) is 6. The van der Waals surface area contributed by atoms with E-state index < -0.39 is 16.7 Å². The Balaban J connectivity index is 1.75. The molecule has 10 heteroatoms. The number of benzene rings is 2. The van der Waals surface area contributed by atoms with Gasteiger partial charge in [-0.15, -0.1) is 0 Å². The minimum atomic E-state index is -0.604. The van der Waals surface area contributed by atoms with Crippen molar-refractivity contribution in [3.05, 3.63) is 92.6 Å². The number of carbonyl (C=O) groups excluding carboxylic acids is 2. The monoisotopic (exact) mass is 468 g/mol. The molecule has 0 atom stereocenters. The fourth-order valence-electron chi connectivity index (χ4n) is 2.94. The molecule has 2 N–H and O–H groups in total. The molecule has 0 aliphatic rings. The highest BCUT2D eigenvalue weighted by molar-refractivity contribution is 6.34. The predicted octanol–water partition coefficient (Wildman–Crippen LogP) is 4.61. The van der Waals surface area contributed by atoms with Gasteiger partial charge in [0.1, 0.15) is 0 Å².